The third kappa shape index (κ3) is 26.2. The summed E-state index contributed by atoms with van der Waals surface area (Å²) in [6.07, 6.45) is 0.667. The van der Waals surface area contributed by atoms with E-state index in [9.17, 15) is 4.79 Å². The summed E-state index contributed by atoms with van der Waals surface area (Å²) in [6, 6.07) is 0. The average Bonchev–Trinajstić information content (AvgIpc) is 1.88. The molecular weight excluding hydrogens is 140 g/mol. The fraction of sp³-hybridized carbons (Fsp3) is 0.889. The van der Waals surface area contributed by atoms with Gasteiger partial charge >= 0.3 is 0 Å². The van der Waals surface area contributed by atoms with Crippen LogP contribution in [-0.2, 0) is 9.53 Å². The molecule has 0 aromatic rings. The summed E-state index contributed by atoms with van der Waals surface area (Å²) in [7, 11) is 1.71. The van der Waals surface area contributed by atoms with Crippen LogP contribution in [0, 0.1) is 0 Å². The van der Waals surface area contributed by atoms with Gasteiger partial charge in [0.1, 0.15) is 5.78 Å². The molecule has 0 aliphatic carbocycles. The molecular formula is C9H20O2. The van der Waals surface area contributed by atoms with Gasteiger partial charge in [-0.05, 0) is 27.7 Å². The van der Waals surface area contributed by atoms with E-state index < -0.39 is 0 Å². The second-order valence-corrected chi connectivity index (χ2v) is 3.37. The van der Waals surface area contributed by atoms with Crippen molar-refractivity contribution in [3.63, 3.8) is 0 Å². The summed E-state index contributed by atoms with van der Waals surface area (Å²) in [4.78, 5) is 9.81. The van der Waals surface area contributed by atoms with E-state index in [4.69, 9.17) is 4.74 Å². The third-order valence-corrected chi connectivity index (χ3v) is 1.11. The van der Waals surface area contributed by atoms with Gasteiger partial charge in [0, 0.05) is 13.5 Å². The van der Waals surface area contributed by atoms with Crippen LogP contribution in [0.1, 0.15) is 41.0 Å². The van der Waals surface area contributed by atoms with Crippen LogP contribution in [0.5, 0.6) is 0 Å². The Kier molecular flexibility index (Phi) is 7.64. The highest BCUT2D eigenvalue weighted by molar-refractivity contribution is 5.74. The third-order valence-electron chi connectivity index (χ3n) is 1.11. The lowest BCUT2D eigenvalue weighted by Crippen LogP contribution is -2.15. The standard InChI is InChI=1S/C5H12O.C4H8O/c1-5(2,3)6-4;1-3-4(2)5/h1-4H3;3H2,1-2H3. The smallest absolute Gasteiger partial charge is 0.129 e. The quantitative estimate of drug-likeness (QED) is 0.589. The molecule has 0 radical (unpaired) electrons. The van der Waals surface area contributed by atoms with E-state index in [0.29, 0.717) is 6.42 Å². The monoisotopic (exact) mass is 160 g/mol. The molecule has 0 aromatic heterocycles. The van der Waals surface area contributed by atoms with Crippen molar-refractivity contribution in [2.45, 2.75) is 46.6 Å². The van der Waals surface area contributed by atoms with E-state index in [1.165, 1.54) is 0 Å². The van der Waals surface area contributed by atoms with Crippen LogP contribution in [-0.4, -0.2) is 18.5 Å². The van der Waals surface area contributed by atoms with Gasteiger partial charge in [-0.1, -0.05) is 6.92 Å². The minimum absolute atomic E-state index is 0.0417. The van der Waals surface area contributed by atoms with E-state index >= 15 is 0 Å². The van der Waals surface area contributed by atoms with E-state index in [-0.39, 0.29) is 11.4 Å². The number of ether oxygens (including phenoxy) is 1. The van der Waals surface area contributed by atoms with Crippen LogP contribution >= 0.6 is 0 Å². The zero-order chi connectivity index (χ0) is 9.49. The number of Topliss-reactive ketones (excluding diaryl/α,β-unsaturated/α-hetero) is 1. The maximum absolute atomic E-state index is 9.81. The van der Waals surface area contributed by atoms with E-state index in [2.05, 4.69) is 0 Å². The first kappa shape index (κ1) is 13.2. The highest BCUT2D eigenvalue weighted by atomic mass is 16.5. The lowest BCUT2D eigenvalue weighted by molar-refractivity contribution is -0.116. The molecule has 0 aliphatic rings. The minimum Gasteiger partial charge on any atom is -0.379 e. The van der Waals surface area contributed by atoms with Gasteiger partial charge in [-0.3, -0.25) is 0 Å². The van der Waals surface area contributed by atoms with Gasteiger partial charge in [0.25, 0.3) is 0 Å². The molecule has 11 heavy (non-hydrogen) atoms. The number of hydrogen-bond donors (Lipinski definition) is 0. The molecule has 0 saturated carbocycles. The topological polar surface area (TPSA) is 26.3 Å². The molecule has 0 saturated heterocycles. The van der Waals surface area contributed by atoms with Gasteiger partial charge < -0.3 is 9.53 Å². The number of hydrogen-bond acceptors (Lipinski definition) is 2. The van der Waals surface area contributed by atoms with Crippen LogP contribution in [0.3, 0.4) is 0 Å². The first-order valence-electron chi connectivity index (χ1n) is 3.88. The number of methoxy groups -OCH3 is 1. The van der Waals surface area contributed by atoms with Crippen molar-refractivity contribution in [3.05, 3.63) is 0 Å². The van der Waals surface area contributed by atoms with Crippen molar-refractivity contribution in [2.75, 3.05) is 7.11 Å². The minimum atomic E-state index is 0.0417. The Morgan fingerprint density at radius 1 is 1.36 bits per heavy atom. The van der Waals surface area contributed by atoms with Gasteiger partial charge in [-0.2, -0.15) is 0 Å². The van der Waals surface area contributed by atoms with Gasteiger partial charge in [-0.15, -0.1) is 0 Å². The maximum atomic E-state index is 9.81. The molecule has 0 rings (SSSR count). The first-order valence-corrected chi connectivity index (χ1v) is 3.88. The van der Waals surface area contributed by atoms with Crippen LogP contribution in [0.4, 0.5) is 0 Å². The predicted octanol–water partition coefficient (Wildman–Crippen LogP) is 2.42. The highest BCUT2D eigenvalue weighted by Gasteiger charge is 2.03. The molecule has 2 heteroatoms. The van der Waals surface area contributed by atoms with Gasteiger partial charge in [-0.25, -0.2) is 0 Å². The first-order chi connectivity index (χ1) is 4.83. The Labute approximate surface area is 69.9 Å². The lowest BCUT2D eigenvalue weighted by atomic mass is 10.2. The normalized spacial score (nSPS) is 10.0. The molecule has 2 nitrogen and oxygen atoms in total. The largest absolute Gasteiger partial charge is 0.379 e. The number of ketones is 1. The van der Waals surface area contributed by atoms with Gasteiger partial charge in [0.15, 0.2) is 0 Å². The molecule has 68 valence electrons. The Balaban J connectivity index is 0. The van der Waals surface area contributed by atoms with Crippen molar-refractivity contribution < 1.29 is 9.53 Å². The molecule has 0 spiro atoms. The van der Waals surface area contributed by atoms with Crippen molar-refractivity contribution in [3.8, 4) is 0 Å². The highest BCUT2D eigenvalue weighted by Crippen LogP contribution is 2.02. The van der Waals surface area contributed by atoms with Crippen LogP contribution < -0.4 is 0 Å². The van der Waals surface area contributed by atoms with E-state index in [0.717, 1.165) is 0 Å². The Morgan fingerprint density at radius 2 is 1.55 bits per heavy atom. The number of rotatable bonds is 1. The van der Waals surface area contributed by atoms with Crippen molar-refractivity contribution in [1.82, 2.24) is 0 Å². The maximum Gasteiger partial charge on any atom is 0.129 e. The SMILES string of the molecule is CCC(C)=O.COC(C)(C)C. The molecule has 0 unspecified atom stereocenters. The van der Waals surface area contributed by atoms with Crippen molar-refractivity contribution in [2.24, 2.45) is 0 Å². The predicted molar refractivity (Wildman–Crippen MR) is 47.7 cm³/mol. The van der Waals surface area contributed by atoms with Gasteiger partial charge in [0.2, 0.25) is 0 Å². The Hall–Kier alpha value is -0.370. The fourth-order valence-corrected chi connectivity index (χ4v) is 0. The summed E-state index contributed by atoms with van der Waals surface area (Å²) in [5.41, 5.74) is 0.0417. The van der Waals surface area contributed by atoms with Gasteiger partial charge in [0.05, 0.1) is 5.60 Å². The van der Waals surface area contributed by atoms with Crippen LogP contribution in [0.2, 0.25) is 0 Å². The summed E-state index contributed by atoms with van der Waals surface area (Å²) >= 11 is 0. The average molecular weight is 160 g/mol. The van der Waals surface area contributed by atoms with Crippen molar-refractivity contribution >= 4 is 5.78 Å². The lowest BCUT2D eigenvalue weighted by Gasteiger charge is -2.14. The van der Waals surface area contributed by atoms with Crippen molar-refractivity contribution in [1.29, 1.82) is 0 Å². The molecule has 0 aromatic carbocycles. The summed E-state index contributed by atoms with van der Waals surface area (Å²) in [6.45, 7) is 9.50. The summed E-state index contributed by atoms with van der Waals surface area (Å²) in [5, 5.41) is 0. The fourth-order valence-electron chi connectivity index (χ4n) is 0. The molecule has 0 fully saturated rings. The molecule has 0 atom stereocenters. The summed E-state index contributed by atoms with van der Waals surface area (Å²) in [5.74, 6) is 0.255. The molecule has 0 bridgehead atoms. The molecule has 0 aliphatic heterocycles. The Bertz CT molecular complexity index is 101. The second kappa shape index (κ2) is 6.35. The second-order valence-electron chi connectivity index (χ2n) is 3.37. The molecule has 0 heterocycles. The number of carbonyl (C=O) groups excluding carboxylic acids is 1. The number of carbonyl (C=O) groups is 1. The van der Waals surface area contributed by atoms with Crippen LogP contribution in [0.25, 0.3) is 0 Å². The Morgan fingerprint density at radius 3 is 1.55 bits per heavy atom. The zero-order valence-corrected chi connectivity index (χ0v) is 8.52. The van der Waals surface area contributed by atoms with Crippen LogP contribution in [0.15, 0.2) is 0 Å². The molecule has 0 amide bonds. The molecule has 0 N–H and O–H groups in total. The zero-order valence-electron chi connectivity index (χ0n) is 8.52. The summed E-state index contributed by atoms with van der Waals surface area (Å²) < 4.78 is 4.94. The van der Waals surface area contributed by atoms with E-state index in [1.807, 2.05) is 27.7 Å². The van der Waals surface area contributed by atoms with E-state index in [1.54, 1.807) is 14.0 Å².